The smallest absolute Gasteiger partial charge is 0.0553 e. The number of aromatic nitrogens is 1. The SMILES string of the molecule is c1ccc2c(c1)Sc1ccccc1N2CCn1cccc1. The van der Waals surface area contributed by atoms with E-state index in [1.165, 1.54) is 21.2 Å². The van der Waals surface area contributed by atoms with Crippen LogP contribution in [0.4, 0.5) is 11.4 Å². The number of hydrogen-bond donors (Lipinski definition) is 0. The summed E-state index contributed by atoms with van der Waals surface area (Å²) < 4.78 is 2.23. The Bertz CT molecular complexity index is 704. The Morgan fingerprint density at radius 3 is 1.86 bits per heavy atom. The normalized spacial score (nSPS) is 12.9. The van der Waals surface area contributed by atoms with E-state index in [0.29, 0.717) is 0 Å². The van der Waals surface area contributed by atoms with Gasteiger partial charge in [0.05, 0.1) is 11.4 Å². The summed E-state index contributed by atoms with van der Waals surface area (Å²) in [4.78, 5) is 5.11. The van der Waals surface area contributed by atoms with Crippen LogP contribution in [0, 0.1) is 0 Å². The summed E-state index contributed by atoms with van der Waals surface area (Å²) in [6.45, 7) is 1.96. The highest BCUT2D eigenvalue weighted by Crippen LogP contribution is 2.47. The van der Waals surface area contributed by atoms with E-state index in [1.807, 2.05) is 11.8 Å². The minimum absolute atomic E-state index is 0.975. The zero-order valence-electron chi connectivity index (χ0n) is 11.6. The highest BCUT2D eigenvalue weighted by molar-refractivity contribution is 7.99. The van der Waals surface area contributed by atoms with Crippen LogP contribution < -0.4 is 4.90 Å². The molecule has 1 aliphatic rings. The predicted molar refractivity (Wildman–Crippen MR) is 88.4 cm³/mol. The standard InChI is InChI=1S/C18H16N2S/c1-3-9-17-15(7-1)20(14-13-19-11-5-6-12-19)16-8-2-4-10-18(16)21-17/h1-12H,13-14H2. The quantitative estimate of drug-likeness (QED) is 0.685. The molecule has 4 rings (SSSR count). The third kappa shape index (κ3) is 2.34. The van der Waals surface area contributed by atoms with Crippen LogP contribution in [-0.2, 0) is 6.54 Å². The fourth-order valence-electron chi connectivity index (χ4n) is 2.76. The molecule has 0 atom stereocenters. The lowest BCUT2D eigenvalue weighted by Crippen LogP contribution is -2.24. The van der Waals surface area contributed by atoms with Gasteiger partial charge in [0.1, 0.15) is 0 Å². The van der Waals surface area contributed by atoms with Crippen molar-refractivity contribution >= 4 is 23.1 Å². The Kier molecular flexibility index (Phi) is 3.20. The Balaban J connectivity index is 1.71. The Hall–Kier alpha value is -2.13. The molecular formula is C18H16N2S. The third-order valence-electron chi connectivity index (χ3n) is 3.78. The van der Waals surface area contributed by atoms with E-state index in [0.717, 1.165) is 13.1 Å². The molecule has 0 unspecified atom stereocenters. The lowest BCUT2D eigenvalue weighted by atomic mass is 10.2. The maximum Gasteiger partial charge on any atom is 0.0553 e. The molecule has 2 aromatic carbocycles. The number of rotatable bonds is 3. The van der Waals surface area contributed by atoms with Crippen LogP contribution in [0.3, 0.4) is 0 Å². The van der Waals surface area contributed by atoms with Crippen molar-refractivity contribution in [3.63, 3.8) is 0 Å². The van der Waals surface area contributed by atoms with Gasteiger partial charge in [-0.25, -0.2) is 0 Å². The van der Waals surface area contributed by atoms with Crippen molar-refractivity contribution in [2.45, 2.75) is 16.3 Å². The summed E-state index contributed by atoms with van der Waals surface area (Å²) in [7, 11) is 0. The fraction of sp³-hybridized carbons (Fsp3) is 0.111. The lowest BCUT2D eigenvalue weighted by Gasteiger charge is -2.32. The molecule has 1 aliphatic heterocycles. The monoisotopic (exact) mass is 292 g/mol. The highest BCUT2D eigenvalue weighted by Gasteiger charge is 2.22. The van der Waals surface area contributed by atoms with Gasteiger partial charge in [0, 0.05) is 35.3 Å². The van der Waals surface area contributed by atoms with Crippen LogP contribution in [0.25, 0.3) is 0 Å². The van der Waals surface area contributed by atoms with Crippen LogP contribution in [-0.4, -0.2) is 11.1 Å². The topological polar surface area (TPSA) is 8.17 Å². The minimum atomic E-state index is 0.975. The molecule has 21 heavy (non-hydrogen) atoms. The molecule has 3 heteroatoms. The molecule has 0 bridgehead atoms. The Morgan fingerprint density at radius 2 is 1.24 bits per heavy atom. The van der Waals surface area contributed by atoms with Crippen molar-refractivity contribution in [3.05, 3.63) is 73.1 Å². The summed E-state index contributed by atoms with van der Waals surface area (Å²) >= 11 is 1.86. The average Bonchev–Trinajstić information content (AvgIpc) is 3.05. The van der Waals surface area contributed by atoms with Crippen LogP contribution >= 0.6 is 11.8 Å². The van der Waals surface area contributed by atoms with Crippen LogP contribution in [0.1, 0.15) is 0 Å². The molecule has 0 amide bonds. The summed E-state index contributed by atoms with van der Waals surface area (Å²) in [6.07, 6.45) is 4.24. The molecule has 0 saturated heterocycles. The van der Waals surface area contributed by atoms with Gasteiger partial charge in [-0.05, 0) is 36.4 Å². The highest BCUT2D eigenvalue weighted by atomic mass is 32.2. The van der Waals surface area contributed by atoms with Crippen molar-refractivity contribution in [3.8, 4) is 0 Å². The number of para-hydroxylation sites is 2. The van der Waals surface area contributed by atoms with E-state index >= 15 is 0 Å². The van der Waals surface area contributed by atoms with Crippen molar-refractivity contribution in [1.29, 1.82) is 0 Å². The van der Waals surface area contributed by atoms with E-state index in [-0.39, 0.29) is 0 Å². The van der Waals surface area contributed by atoms with Gasteiger partial charge in [0.15, 0.2) is 0 Å². The maximum atomic E-state index is 2.43. The number of nitrogens with zero attached hydrogens (tertiary/aromatic N) is 2. The van der Waals surface area contributed by atoms with Gasteiger partial charge in [0.2, 0.25) is 0 Å². The van der Waals surface area contributed by atoms with Crippen LogP contribution in [0.2, 0.25) is 0 Å². The number of hydrogen-bond acceptors (Lipinski definition) is 2. The van der Waals surface area contributed by atoms with E-state index in [2.05, 4.69) is 82.5 Å². The molecule has 2 nitrogen and oxygen atoms in total. The molecule has 3 aromatic rings. The molecule has 104 valence electrons. The van der Waals surface area contributed by atoms with Crippen molar-refractivity contribution in [2.24, 2.45) is 0 Å². The average molecular weight is 292 g/mol. The van der Waals surface area contributed by atoms with E-state index in [9.17, 15) is 0 Å². The first-order valence-corrected chi connectivity index (χ1v) is 7.98. The van der Waals surface area contributed by atoms with E-state index in [1.54, 1.807) is 0 Å². The Morgan fingerprint density at radius 1 is 0.667 bits per heavy atom. The van der Waals surface area contributed by atoms with Gasteiger partial charge >= 0.3 is 0 Å². The second-order valence-corrected chi connectivity index (χ2v) is 6.19. The van der Waals surface area contributed by atoms with Crippen LogP contribution in [0.5, 0.6) is 0 Å². The summed E-state index contributed by atoms with van der Waals surface area (Å²) in [5.41, 5.74) is 2.63. The first-order chi connectivity index (χ1) is 10.4. The first kappa shape index (κ1) is 12.6. The third-order valence-corrected chi connectivity index (χ3v) is 4.91. The maximum absolute atomic E-state index is 2.43. The molecule has 0 aliphatic carbocycles. The van der Waals surface area contributed by atoms with Gasteiger partial charge in [-0.15, -0.1) is 0 Å². The summed E-state index contributed by atoms with van der Waals surface area (Å²) in [6, 6.07) is 21.5. The summed E-state index contributed by atoms with van der Waals surface area (Å²) in [5.74, 6) is 0. The molecule has 0 N–H and O–H groups in total. The Labute approximate surface area is 129 Å². The van der Waals surface area contributed by atoms with Crippen molar-refractivity contribution in [2.75, 3.05) is 11.4 Å². The molecule has 0 fully saturated rings. The zero-order valence-corrected chi connectivity index (χ0v) is 12.5. The van der Waals surface area contributed by atoms with E-state index in [4.69, 9.17) is 0 Å². The second kappa shape index (κ2) is 5.34. The van der Waals surface area contributed by atoms with Gasteiger partial charge in [0.25, 0.3) is 0 Å². The number of benzene rings is 2. The molecular weight excluding hydrogens is 276 g/mol. The molecule has 0 saturated carbocycles. The first-order valence-electron chi connectivity index (χ1n) is 7.16. The van der Waals surface area contributed by atoms with Gasteiger partial charge in [-0.3, -0.25) is 0 Å². The van der Waals surface area contributed by atoms with Crippen molar-refractivity contribution in [1.82, 2.24) is 4.57 Å². The number of anilines is 2. The number of fused-ring (bicyclic) bond motifs is 2. The molecule has 0 radical (unpaired) electrons. The van der Waals surface area contributed by atoms with Crippen molar-refractivity contribution < 1.29 is 0 Å². The molecule has 2 heterocycles. The second-order valence-electron chi connectivity index (χ2n) is 5.11. The minimum Gasteiger partial charge on any atom is -0.352 e. The van der Waals surface area contributed by atoms with Gasteiger partial charge < -0.3 is 9.47 Å². The van der Waals surface area contributed by atoms with Gasteiger partial charge in [-0.2, -0.15) is 0 Å². The lowest BCUT2D eigenvalue weighted by molar-refractivity contribution is 0.696. The zero-order chi connectivity index (χ0) is 14.1. The summed E-state index contributed by atoms with van der Waals surface area (Å²) in [5, 5.41) is 0. The fourth-order valence-corrected chi connectivity index (χ4v) is 3.85. The van der Waals surface area contributed by atoms with E-state index < -0.39 is 0 Å². The molecule has 0 spiro atoms. The largest absolute Gasteiger partial charge is 0.352 e. The molecule has 1 aromatic heterocycles. The van der Waals surface area contributed by atoms with Crippen LogP contribution in [0.15, 0.2) is 82.8 Å². The van der Waals surface area contributed by atoms with Gasteiger partial charge in [-0.1, -0.05) is 36.0 Å². The predicted octanol–water partition coefficient (Wildman–Crippen LogP) is 4.79.